The number of thioether (sulfide) groups is 1. The van der Waals surface area contributed by atoms with E-state index in [0.29, 0.717) is 18.7 Å². The van der Waals surface area contributed by atoms with E-state index in [9.17, 15) is 9.59 Å². The summed E-state index contributed by atoms with van der Waals surface area (Å²) in [6.45, 7) is 2.03. The van der Waals surface area contributed by atoms with Crippen LogP contribution in [0, 0.1) is 5.92 Å². The first-order chi connectivity index (χ1) is 13.1. The zero-order valence-electron chi connectivity index (χ0n) is 14.9. The van der Waals surface area contributed by atoms with E-state index in [1.54, 1.807) is 0 Å². The molecule has 0 N–H and O–H groups in total. The molecule has 27 heavy (non-hydrogen) atoms. The van der Waals surface area contributed by atoms with Gasteiger partial charge in [-0.25, -0.2) is 0 Å². The quantitative estimate of drug-likeness (QED) is 0.687. The zero-order valence-corrected chi connectivity index (χ0v) is 17.3. The third-order valence-electron chi connectivity index (χ3n) is 5.22. The highest BCUT2D eigenvalue weighted by atomic mass is 79.9. The number of piperidine rings is 1. The first-order valence-corrected chi connectivity index (χ1v) is 11.0. The van der Waals surface area contributed by atoms with Crippen molar-refractivity contribution in [2.75, 3.05) is 30.3 Å². The number of anilines is 1. The SMILES string of the molecule is O=C(c1ccc(Br)cc1)N1CCC(C(=O)N2CCSc3ccccc32)CC1. The van der Waals surface area contributed by atoms with Crippen molar-refractivity contribution >= 4 is 45.2 Å². The molecule has 2 heterocycles. The molecule has 0 unspecified atom stereocenters. The number of rotatable bonds is 2. The molecule has 2 aromatic rings. The fraction of sp³-hybridized carbons (Fsp3) is 0.333. The van der Waals surface area contributed by atoms with Crippen LogP contribution in [0.1, 0.15) is 23.2 Å². The number of nitrogens with zero attached hydrogens (tertiary/aromatic N) is 2. The lowest BCUT2D eigenvalue weighted by molar-refractivity contribution is -0.123. The van der Waals surface area contributed by atoms with Crippen LogP contribution in [-0.4, -0.2) is 42.1 Å². The van der Waals surface area contributed by atoms with Crippen molar-refractivity contribution < 1.29 is 9.59 Å². The van der Waals surface area contributed by atoms with Crippen LogP contribution in [0.5, 0.6) is 0 Å². The minimum atomic E-state index is -0.00451. The number of fused-ring (bicyclic) bond motifs is 1. The molecular formula is C21H21BrN2O2S. The predicted molar refractivity (Wildman–Crippen MR) is 112 cm³/mol. The van der Waals surface area contributed by atoms with Crippen molar-refractivity contribution in [2.45, 2.75) is 17.7 Å². The standard InChI is InChI=1S/C21H21BrN2O2S/c22-17-7-5-15(6-8-17)20(25)23-11-9-16(10-12-23)21(26)24-13-14-27-19-4-2-1-3-18(19)24/h1-8,16H,9-14H2. The van der Waals surface area contributed by atoms with Gasteiger partial charge < -0.3 is 9.80 Å². The third kappa shape index (κ3) is 3.92. The van der Waals surface area contributed by atoms with E-state index >= 15 is 0 Å². The lowest BCUT2D eigenvalue weighted by Crippen LogP contribution is -2.45. The van der Waals surface area contributed by atoms with Gasteiger partial charge >= 0.3 is 0 Å². The zero-order chi connectivity index (χ0) is 18.8. The Labute approximate surface area is 172 Å². The van der Waals surface area contributed by atoms with Crippen LogP contribution >= 0.6 is 27.7 Å². The topological polar surface area (TPSA) is 40.6 Å². The van der Waals surface area contributed by atoms with Gasteiger partial charge in [0.2, 0.25) is 5.91 Å². The highest BCUT2D eigenvalue weighted by Gasteiger charge is 2.32. The molecule has 2 aromatic carbocycles. The Bertz CT molecular complexity index is 848. The number of hydrogen-bond acceptors (Lipinski definition) is 3. The second-order valence-electron chi connectivity index (χ2n) is 6.88. The van der Waals surface area contributed by atoms with Gasteiger partial charge in [-0.15, -0.1) is 11.8 Å². The summed E-state index contributed by atoms with van der Waals surface area (Å²) in [5.74, 6) is 1.19. The molecule has 2 amide bonds. The Balaban J connectivity index is 1.40. The number of likely N-dealkylation sites (tertiary alicyclic amines) is 1. The summed E-state index contributed by atoms with van der Waals surface area (Å²) in [7, 11) is 0. The monoisotopic (exact) mass is 444 g/mol. The average Bonchev–Trinajstić information content (AvgIpc) is 2.73. The predicted octanol–water partition coefficient (Wildman–Crippen LogP) is 4.44. The first kappa shape index (κ1) is 18.6. The van der Waals surface area contributed by atoms with Crippen LogP contribution < -0.4 is 4.90 Å². The molecule has 6 heteroatoms. The molecule has 4 nitrogen and oxygen atoms in total. The van der Waals surface area contributed by atoms with Crippen molar-refractivity contribution in [3.8, 4) is 0 Å². The Morgan fingerprint density at radius 1 is 0.963 bits per heavy atom. The van der Waals surface area contributed by atoms with E-state index in [4.69, 9.17) is 0 Å². The van der Waals surface area contributed by atoms with Crippen LogP contribution in [0.15, 0.2) is 57.9 Å². The minimum absolute atomic E-state index is 0.00451. The Hall–Kier alpha value is -1.79. The van der Waals surface area contributed by atoms with E-state index in [-0.39, 0.29) is 17.7 Å². The molecule has 0 atom stereocenters. The van der Waals surface area contributed by atoms with Crippen LogP contribution in [0.2, 0.25) is 0 Å². The smallest absolute Gasteiger partial charge is 0.253 e. The van der Waals surface area contributed by atoms with Crippen molar-refractivity contribution in [3.05, 3.63) is 58.6 Å². The number of hydrogen-bond donors (Lipinski definition) is 0. The normalized spacial score (nSPS) is 17.5. The summed E-state index contributed by atoms with van der Waals surface area (Å²) in [6.07, 6.45) is 1.46. The molecule has 0 radical (unpaired) electrons. The van der Waals surface area contributed by atoms with E-state index in [2.05, 4.69) is 22.0 Å². The van der Waals surface area contributed by atoms with Crippen molar-refractivity contribution in [2.24, 2.45) is 5.92 Å². The molecule has 0 aliphatic carbocycles. The first-order valence-electron chi connectivity index (χ1n) is 9.21. The molecule has 140 valence electrons. The number of amides is 2. The van der Waals surface area contributed by atoms with Gasteiger partial charge in [-0.3, -0.25) is 9.59 Å². The molecule has 1 saturated heterocycles. The summed E-state index contributed by atoms with van der Waals surface area (Å²) in [6, 6.07) is 15.6. The summed E-state index contributed by atoms with van der Waals surface area (Å²) >= 11 is 5.20. The molecule has 0 spiro atoms. The molecule has 2 aliphatic heterocycles. The molecule has 0 bridgehead atoms. The third-order valence-corrected chi connectivity index (χ3v) is 6.79. The Kier molecular flexibility index (Phi) is 5.55. The van der Waals surface area contributed by atoms with Crippen molar-refractivity contribution in [3.63, 3.8) is 0 Å². The van der Waals surface area contributed by atoms with E-state index < -0.39 is 0 Å². The minimum Gasteiger partial charge on any atom is -0.339 e. The molecule has 0 saturated carbocycles. The number of halogens is 1. The van der Waals surface area contributed by atoms with Crippen LogP contribution in [0.25, 0.3) is 0 Å². The maximum Gasteiger partial charge on any atom is 0.253 e. The molecule has 1 fully saturated rings. The highest BCUT2D eigenvalue weighted by Crippen LogP contribution is 2.36. The second-order valence-corrected chi connectivity index (χ2v) is 8.93. The fourth-order valence-electron chi connectivity index (χ4n) is 3.72. The van der Waals surface area contributed by atoms with E-state index in [0.717, 1.165) is 35.3 Å². The summed E-state index contributed by atoms with van der Waals surface area (Å²) in [5.41, 5.74) is 1.73. The van der Waals surface area contributed by atoms with Gasteiger partial charge in [0.05, 0.1) is 5.69 Å². The number of carbonyl (C=O) groups is 2. The van der Waals surface area contributed by atoms with Crippen molar-refractivity contribution in [1.82, 2.24) is 4.90 Å². The summed E-state index contributed by atoms with van der Waals surface area (Å²) < 4.78 is 0.961. The van der Waals surface area contributed by atoms with Gasteiger partial charge in [0, 0.05) is 46.2 Å². The van der Waals surface area contributed by atoms with E-state index in [1.165, 1.54) is 4.90 Å². The van der Waals surface area contributed by atoms with Gasteiger partial charge in [-0.1, -0.05) is 28.1 Å². The number of para-hydroxylation sites is 1. The lowest BCUT2D eigenvalue weighted by atomic mass is 9.94. The van der Waals surface area contributed by atoms with Crippen LogP contribution in [0.3, 0.4) is 0 Å². The van der Waals surface area contributed by atoms with Crippen LogP contribution in [0.4, 0.5) is 5.69 Å². The highest BCUT2D eigenvalue weighted by molar-refractivity contribution is 9.10. The number of benzene rings is 2. The number of carbonyl (C=O) groups excluding carboxylic acids is 2. The van der Waals surface area contributed by atoms with Gasteiger partial charge in [0.1, 0.15) is 0 Å². The van der Waals surface area contributed by atoms with Gasteiger partial charge in [-0.05, 0) is 49.2 Å². The fourth-order valence-corrected chi connectivity index (χ4v) is 4.98. The maximum absolute atomic E-state index is 13.1. The maximum atomic E-state index is 13.1. The van der Waals surface area contributed by atoms with Crippen LogP contribution in [-0.2, 0) is 4.79 Å². The Morgan fingerprint density at radius 3 is 2.41 bits per heavy atom. The molecule has 2 aliphatic rings. The molecule has 4 rings (SSSR count). The van der Waals surface area contributed by atoms with Gasteiger partial charge in [-0.2, -0.15) is 0 Å². The molecule has 0 aromatic heterocycles. The van der Waals surface area contributed by atoms with E-state index in [1.807, 2.05) is 64.0 Å². The van der Waals surface area contributed by atoms with Crippen molar-refractivity contribution in [1.29, 1.82) is 0 Å². The van der Waals surface area contributed by atoms with Gasteiger partial charge in [0.25, 0.3) is 5.91 Å². The average molecular weight is 445 g/mol. The summed E-state index contributed by atoms with van der Waals surface area (Å²) in [5, 5.41) is 0. The Morgan fingerprint density at radius 2 is 1.67 bits per heavy atom. The lowest BCUT2D eigenvalue weighted by Gasteiger charge is -2.36. The van der Waals surface area contributed by atoms with Gasteiger partial charge in [0.15, 0.2) is 0 Å². The molecular weight excluding hydrogens is 424 g/mol. The largest absolute Gasteiger partial charge is 0.339 e. The summed E-state index contributed by atoms with van der Waals surface area (Å²) in [4.78, 5) is 30.8. The second kappa shape index (κ2) is 8.07.